The highest BCUT2D eigenvalue weighted by Crippen LogP contribution is 2.07. The third kappa shape index (κ3) is 9.70. The number of hydrogen-bond acceptors (Lipinski definition) is 5. The van der Waals surface area contributed by atoms with Gasteiger partial charge in [-0.3, -0.25) is 4.79 Å². The van der Waals surface area contributed by atoms with Gasteiger partial charge >= 0.3 is 12.1 Å². The third-order valence-corrected chi connectivity index (χ3v) is 2.32. The van der Waals surface area contributed by atoms with Gasteiger partial charge in [-0.15, -0.1) is 0 Å². The zero-order valence-electron chi connectivity index (χ0n) is 13.6. The van der Waals surface area contributed by atoms with Crippen LogP contribution in [-0.4, -0.2) is 43.3 Å². The first kappa shape index (κ1) is 19.2. The van der Waals surface area contributed by atoms with Crippen molar-refractivity contribution in [1.82, 2.24) is 10.6 Å². The summed E-state index contributed by atoms with van der Waals surface area (Å²) >= 11 is 0. The van der Waals surface area contributed by atoms with Gasteiger partial charge in [0.2, 0.25) is 5.91 Å². The molecule has 0 aromatic rings. The zero-order valence-corrected chi connectivity index (χ0v) is 13.6. The lowest BCUT2D eigenvalue weighted by atomic mass is 10.0. The Kier molecular flexibility index (Phi) is 7.76. The molecule has 7 heteroatoms. The molecular weight excluding hydrogens is 276 g/mol. The van der Waals surface area contributed by atoms with Crippen LogP contribution in [0.4, 0.5) is 4.79 Å². The minimum atomic E-state index is -0.720. The fourth-order valence-corrected chi connectivity index (χ4v) is 1.54. The second-order valence-corrected chi connectivity index (χ2v) is 6.13. The Morgan fingerprint density at radius 3 is 2.14 bits per heavy atom. The predicted molar refractivity (Wildman–Crippen MR) is 77.6 cm³/mol. The number of ether oxygens (including phenoxy) is 2. The molecule has 21 heavy (non-hydrogen) atoms. The minimum absolute atomic E-state index is 0.216. The first-order chi connectivity index (χ1) is 9.55. The molecule has 0 rings (SSSR count). The van der Waals surface area contributed by atoms with Gasteiger partial charge < -0.3 is 20.1 Å². The molecule has 0 aromatic heterocycles. The number of hydrogen-bond donors (Lipinski definition) is 2. The summed E-state index contributed by atoms with van der Waals surface area (Å²) in [5.74, 6) is -0.764. The van der Waals surface area contributed by atoms with Crippen molar-refractivity contribution in [3.05, 3.63) is 0 Å². The molecule has 2 amide bonds. The monoisotopic (exact) mass is 302 g/mol. The molecule has 1 atom stereocenters. The minimum Gasteiger partial charge on any atom is -0.467 e. The van der Waals surface area contributed by atoms with E-state index in [1.54, 1.807) is 20.8 Å². The van der Waals surface area contributed by atoms with E-state index in [4.69, 9.17) is 4.74 Å². The normalized spacial score (nSPS) is 12.5. The number of methoxy groups -OCH3 is 1. The van der Waals surface area contributed by atoms with E-state index in [0.29, 0.717) is 6.42 Å². The number of amides is 2. The van der Waals surface area contributed by atoms with Crippen LogP contribution in [0.1, 0.15) is 41.0 Å². The van der Waals surface area contributed by atoms with Crippen LogP contribution in [0.25, 0.3) is 0 Å². The van der Waals surface area contributed by atoms with Crippen LogP contribution in [0.2, 0.25) is 0 Å². The van der Waals surface area contributed by atoms with Crippen molar-refractivity contribution < 1.29 is 23.9 Å². The van der Waals surface area contributed by atoms with Gasteiger partial charge in [0.15, 0.2) is 0 Å². The van der Waals surface area contributed by atoms with E-state index < -0.39 is 29.6 Å². The average Bonchev–Trinajstić information content (AvgIpc) is 2.32. The molecule has 0 heterocycles. The summed E-state index contributed by atoms with van der Waals surface area (Å²) in [6, 6.07) is -0.720. The molecule has 0 bridgehead atoms. The van der Waals surface area contributed by atoms with Gasteiger partial charge in [-0.25, -0.2) is 9.59 Å². The van der Waals surface area contributed by atoms with Crippen LogP contribution in [-0.2, 0) is 19.1 Å². The maximum atomic E-state index is 11.7. The molecule has 0 saturated heterocycles. The molecule has 7 nitrogen and oxygen atoms in total. The lowest BCUT2D eigenvalue weighted by Gasteiger charge is -2.20. The Bertz CT molecular complexity index is 374. The molecule has 0 unspecified atom stereocenters. The summed E-state index contributed by atoms with van der Waals surface area (Å²) in [6.07, 6.45) is -0.221. The van der Waals surface area contributed by atoms with E-state index in [1.807, 2.05) is 13.8 Å². The predicted octanol–water partition coefficient (Wildman–Crippen LogP) is 1.21. The number of alkyl carbamates (subject to hydrolysis) is 1. The maximum absolute atomic E-state index is 11.7. The summed E-state index contributed by atoms with van der Waals surface area (Å²) in [6.45, 7) is 8.77. The third-order valence-electron chi connectivity index (χ3n) is 2.32. The number of rotatable bonds is 6. The number of carbonyl (C=O) groups is 3. The van der Waals surface area contributed by atoms with Gasteiger partial charge in [-0.1, -0.05) is 13.8 Å². The molecule has 2 N–H and O–H groups in total. The first-order valence-corrected chi connectivity index (χ1v) is 6.89. The van der Waals surface area contributed by atoms with Crippen LogP contribution < -0.4 is 10.6 Å². The Morgan fingerprint density at radius 2 is 1.71 bits per heavy atom. The van der Waals surface area contributed by atoms with E-state index in [1.165, 1.54) is 7.11 Å². The summed E-state index contributed by atoms with van der Waals surface area (Å²) in [7, 11) is 1.26. The molecule has 0 saturated carbocycles. The van der Waals surface area contributed by atoms with Crippen LogP contribution in [0.5, 0.6) is 0 Å². The molecular formula is C14H26N2O5. The molecule has 0 aromatic carbocycles. The second kappa shape index (κ2) is 8.49. The van der Waals surface area contributed by atoms with Crippen LogP contribution >= 0.6 is 0 Å². The van der Waals surface area contributed by atoms with Gasteiger partial charge in [0.05, 0.1) is 7.11 Å². The fourth-order valence-electron chi connectivity index (χ4n) is 1.54. The van der Waals surface area contributed by atoms with Crippen LogP contribution in [0, 0.1) is 5.92 Å². The van der Waals surface area contributed by atoms with E-state index in [9.17, 15) is 14.4 Å². The Labute approximate surface area is 125 Å². The quantitative estimate of drug-likeness (QED) is 0.719. The lowest BCUT2D eigenvalue weighted by molar-refractivity contribution is -0.145. The summed E-state index contributed by atoms with van der Waals surface area (Å²) in [5.41, 5.74) is -0.632. The topological polar surface area (TPSA) is 93.7 Å². The number of carbonyl (C=O) groups excluding carboxylic acids is 3. The standard InChI is InChI=1S/C14H26N2O5/c1-9(2)7-10(12(18)20-6)16-11(17)8-15-13(19)21-14(3,4)5/h9-10H,7-8H2,1-6H3,(H,15,19)(H,16,17)/t10-/m0/s1. The average molecular weight is 302 g/mol. The van der Waals surface area contributed by atoms with Crippen molar-refractivity contribution in [1.29, 1.82) is 0 Å². The van der Waals surface area contributed by atoms with E-state index in [2.05, 4.69) is 15.4 Å². The summed E-state index contributed by atoms with van der Waals surface area (Å²) in [4.78, 5) is 34.7. The van der Waals surface area contributed by atoms with E-state index in [-0.39, 0.29) is 12.5 Å². The smallest absolute Gasteiger partial charge is 0.408 e. The van der Waals surface area contributed by atoms with Crippen LogP contribution in [0.15, 0.2) is 0 Å². The van der Waals surface area contributed by atoms with E-state index in [0.717, 1.165) is 0 Å². The maximum Gasteiger partial charge on any atom is 0.408 e. The molecule has 0 fully saturated rings. The second-order valence-electron chi connectivity index (χ2n) is 6.13. The van der Waals surface area contributed by atoms with Crippen molar-refractivity contribution in [2.24, 2.45) is 5.92 Å². The lowest BCUT2D eigenvalue weighted by Crippen LogP contribution is -2.47. The van der Waals surface area contributed by atoms with Gasteiger partial charge in [0, 0.05) is 0 Å². The van der Waals surface area contributed by atoms with Gasteiger partial charge in [-0.2, -0.15) is 0 Å². The van der Waals surface area contributed by atoms with Crippen molar-refractivity contribution in [3.8, 4) is 0 Å². The highest BCUT2D eigenvalue weighted by atomic mass is 16.6. The molecule has 0 aliphatic heterocycles. The molecule has 0 spiro atoms. The Morgan fingerprint density at radius 1 is 1.14 bits per heavy atom. The summed E-state index contributed by atoms with van der Waals surface area (Å²) < 4.78 is 9.64. The van der Waals surface area contributed by atoms with Crippen LogP contribution in [0.3, 0.4) is 0 Å². The number of esters is 1. The largest absolute Gasteiger partial charge is 0.467 e. The SMILES string of the molecule is COC(=O)[C@H](CC(C)C)NC(=O)CNC(=O)OC(C)(C)C. The molecule has 0 aliphatic rings. The highest BCUT2D eigenvalue weighted by molar-refractivity contribution is 5.87. The van der Waals surface area contributed by atoms with E-state index >= 15 is 0 Å². The van der Waals surface area contributed by atoms with Crippen molar-refractivity contribution in [3.63, 3.8) is 0 Å². The molecule has 0 aliphatic carbocycles. The Balaban J connectivity index is 4.32. The van der Waals surface area contributed by atoms with Crippen molar-refractivity contribution in [2.75, 3.05) is 13.7 Å². The van der Waals surface area contributed by atoms with Gasteiger partial charge in [0.1, 0.15) is 18.2 Å². The fraction of sp³-hybridized carbons (Fsp3) is 0.786. The van der Waals surface area contributed by atoms with Gasteiger partial charge in [0.25, 0.3) is 0 Å². The number of nitrogens with one attached hydrogen (secondary N) is 2. The van der Waals surface area contributed by atoms with Crippen molar-refractivity contribution in [2.45, 2.75) is 52.7 Å². The summed E-state index contributed by atoms with van der Waals surface area (Å²) in [5, 5.41) is 4.86. The zero-order chi connectivity index (χ0) is 16.6. The molecule has 122 valence electrons. The Hall–Kier alpha value is -1.79. The highest BCUT2D eigenvalue weighted by Gasteiger charge is 2.23. The molecule has 0 radical (unpaired) electrons. The first-order valence-electron chi connectivity index (χ1n) is 6.89. The van der Waals surface area contributed by atoms with Crippen molar-refractivity contribution >= 4 is 18.0 Å². The van der Waals surface area contributed by atoms with Gasteiger partial charge in [-0.05, 0) is 33.1 Å².